The van der Waals surface area contributed by atoms with Gasteiger partial charge in [0.2, 0.25) is 10.0 Å². The molecule has 0 unspecified atom stereocenters. The van der Waals surface area contributed by atoms with E-state index in [0.717, 1.165) is 18.4 Å². The molecule has 11 nitrogen and oxygen atoms in total. The molecular formula is C31H38N4O7S. The van der Waals surface area contributed by atoms with Gasteiger partial charge in [-0.3, -0.25) is 9.59 Å². The molecule has 4 aliphatic heterocycles. The lowest BCUT2D eigenvalue weighted by Crippen LogP contribution is -2.53. The van der Waals surface area contributed by atoms with E-state index in [-0.39, 0.29) is 54.3 Å². The zero-order valence-electron chi connectivity index (χ0n) is 24.2. The Labute approximate surface area is 251 Å². The van der Waals surface area contributed by atoms with Crippen LogP contribution in [0, 0.1) is 5.92 Å². The van der Waals surface area contributed by atoms with Crippen molar-refractivity contribution in [1.29, 1.82) is 0 Å². The predicted molar refractivity (Wildman–Crippen MR) is 159 cm³/mol. The van der Waals surface area contributed by atoms with Crippen molar-refractivity contribution in [2.24, 2.45) is 5.92 Å². The van der Waals surface area contributed by atoms with Gasteiger partial charge in [-0.05, 0) is 75.1 Å². The first kappa shape index (κ1) is 29.4. The maximum absolute atomic E-state index is 13.6. The molecule has 6 rings (SSSR count). The summed E-state index contributed by atoms with van der Waals surface area (Å²) in [6.07, 6.45) is 2.97. The Morgan fingerprint density at radius 1 is 1.02 bits per heavy atom. The predicted octanol–water partition coefficient (Wildman–Crippen LogP) is 3.51. The summed E-state index contributed by atoms with van der Waals surface area (Å²) in [5.74, 6) is 0.0590. The summed E-state index contributed by atoms with van der Waals surface area (Å²) in [5, 5.41) is 5.85. The van der Waals surface area contributed by atoms with Crippen LogP contribution < -0.4 is 15.4 Å². The zero-order chi connectivity index (χ0) is 30.1. The van der Waals surface area contributed by atoms with Crippen LogP contribution in [0.4, 0.5) is 10.5 Å². The monoisotopic (exact) mass is 610 g/mol. The molecule has 0 radical (unpaired) electrons. The summed E-state index contributed by atoms with van der Waals surface area (Å²) in [5.41, 5.74) is 1.80. The van der Waals surface area contributed by atoms with E-state index in [1.165, 1.54) is 0 Å². The SMILES string of the molecule is C[C@H]1Oc2ccc(C(=O)N[C@@H]3C[C@H]4CC[C@@H](C3)N4S(=O)(=O)CC3CCN(C(=O)OCc4ccccc4)CC3)cc2NC1=O. The van der Waals surface area contributed by atoms with E-state index in [1.54, 1.807) is 34.3 Å². The summed E-state index contributed by atoms with van der Waals surface area (Å²) < 4.78 is 40.0. The summed E-state index contributed by atoms with van der Waals surface area (Å²) >= 11 is 0. The number of rotatable bonds is 7. The summed E-state index contributed by atoms with van der Waals surface area (Å²) in [4.78, 5) is 39.2. The second kappa shape index (κ2) is 12.2. The molecule has 3 fully saturated rings. The lowest BCUT2D eigenvalue weighted by Gasteiger charge is -2.39. The fourth-order valence-corrected chi connectivity index (χ4v) is 9.19. The molecular weight excluding hydrogens is 572 g/mol. The number of hydrogen-bond donors (Lipinski definition) is 2. The van der Waals surface area contributed by atoms with Crippen LogP contribution in [0.5, 0.6) is 5.75 Å². The number of hydrogen-bond acceptors (Lipinski definition) is 7. The second-order valence-corrected chi connectivity index (χ2v) is 14.0. The summed E-state index contributed by atoms with van der Waals surface area (Å²) in [6.45, 7) is 2.83. The number of carbonyl (C=O) groups excluding carboxylic acids is 3. The Hall–Kier alpha value is -3.64. The number of ether oxygens (including phenoxy) is 2. The maximum atomic E-state index is 13.6. The average Bonchev–Trinajstić information content (AvgIpc) is 3.29. The van der Waals surface area contributed by atoms with Crippen LogP contribution in [0.25, 0.3) is 0 Å². The van der Waals surface area contributed by atoms with Crippen molar-refractivity contribution >= 4 is 33.6 Å². The van der Waals surface area contributed by atoms with Crippen LogP contribution in [-0.4, -0.2) is 78.6 Å². The van der Waals surface area contributed by atoms with Crippen molar-refractivity contribution in [3.05, 3.63) is 59.7 Å². The number of amides is 3. The third-order valence-corrected chi connectivity index (χ3v) is 11.2. The first-order valence-electron chi connectivity index (χ1n) is 15.1. The van der Waals surface area contributed by atoms with Crippen molar-refractivity contribution in [3.8, 4) is 5.75 Å². The number of piperidine rings is 2. The molecule has 0 aliphatic carbocycles. The molecule has 2 aromatic carbocycles. The minimum Gasteiger partial charge on any atom is -0.479 e. The maximum Gasteiger partial charge on any atom is 0.410 e. The van der Waals surface area contributed by atoms with Gasteiger partial charge in [0, 0.05) is 36.8 Å². The van der Waals surface area contributed by atoms with E-state index in [9.17, 15) is 22.8 Å². The fraction of sp³-hybridized carbons (Fsp3) is 0.516. The van der Waals surface area contributed by atoms with Crippen molar-refractivity contribution in [1.82, 2.24) is 14.5 Å². The van der Waals surface area contributed by atoms with Gasteiger partial charge in [0.05, 0.1) is 11.4 Å². The Morgan fingerprint density at radius 2 is 1.72 bits per heavy atom. The number of sulfonamides is 1. The molecule has 4 heterocycles. The lowest BCUT2D eigenvalue weighted by molar-refractivity contribution is -0.122. The highest BCUT2D eigenvalue weighted by atomic mass is 32.2. The largest absolute Gasteiger partial charge is 0.479 e. The minimum atomic E-state index is -3.50. The Balaban J connectivity index is 0.992. The molecule has 230 valence electrons. The van der Waals surface area contributed by atoms with E-state index in [1.807, 2.05) is 30.3 Å². The number of benzene rings is 2. The Bertz CT molecular complexity index is 1460. The average molecular weight is 611 g/mol. The van der Waals surface area contributed by atoms with Gasteiger partial charge in [-0.15, -0.1) is 0 Å². The van der Waals surface area contributed by atoms with E-state index in [4.69, 9.17) is 9.47 Å². The molecule has 43 heavy (non-hydrogen) atoms. The molecule has 3 amide bonds. The number of likely N-dealkylation sites (tertiary alicyclic amines) is 1. The Morgan fingerprint density at radius 3 is 2.42 bits per heavy atom. The van der Waals surface area contributed by atoms with Gasteiger partial charge in [-0.1, -0.05) is 30.3 Å². The molecule has 0 spiro atoms. The first-order valence-corrected chi connectivity index (χ1v) is 16.7. The van der Waals surface area contributed by atoms with Crippen molar-refractivity contribution in [2.45, 2.75) is 76.3 Å². The van der Waals surface area contributed by atoms with E-state index >= 15 is 0 Å². The van der Waals surface area contributed by atoms with Crippen LogP contribution in [0.1, 0.15) is 61.4 Å². The van der Waals surface area contributed by atoms with Gasteiger partial charge in [-0.2, -0.15) is 4.31 Å². The molecule has 4 aliphatic rings. The number of carbonyl (C=O) groups is 3. The van der Waals surface area contributed by atoms with Crippen molar-refractivity contribution < 1.29 is 32.3 Å². The standard InChI is InChI=1S/C31H38N4O7S/c1-20-29(36)33-27-15-23(7-10-28(27)42-20)30(37)32-24-16-25-8-9-26(17-24)35(25)43(39,40)19-22-11-13-34(14-12-22)31(38)41-18-21-5-3-2-4-6-21/h2-7,10,15,20,22,24-26H,8-9,11-14,16-19H2,1H3,(H,32,37)(H,33,36)/t20-,24-,25-,26+/m1/s1. The van der Waals surface area contributed by atoms with E-state index in [2.05, 4.69) is 10.6 Å². The van der Waals surface area contributed by atoms with Crippen molar-refractivity contribution in [2.75, 3.05) is 24.2 Å². The van der Waals surface area contributed by atoms with Crippen LogP contribution in [0.2, 0.25) is 0 Å². The lowest BCUT2D eigenvalue weighted by atomic mass is 9.99. The van der Waals surface area contributed by atoms with Crippen LogP contribution in [0.3, 0.4) is 0 Å². The third kappa shape index (κ3) is 6.50. The van der Waals surface area contributed by atoms with Gasteiger partial charge in [0.25, 0.3) is 11.8 Å². The topological polar surface area (TPSA) is 134 Å². The van der Waals surface area contributed by atoms with Gasteiger partial charge in [0.15, 0.2) is 6.10 Å². The number of anilines is 1. The number of fused-ring (bicyclic) bond motifs is 3. The van der Waals surface area contributed by atoms with Gasteiger partial charge < -0.3 is 25.0 Å². The van der Waals surface area contributed by atoms with Crippen LogP contribution in [-0.2, 0) is 26.2 Å². The van der Waals surface area contributed by atoms with Crippen molar-refractivity contribution in [3.63, 3.8) is 0 Å². The molecule has 3 saturated heterocycles. The summed E-state index contributed by atoms with van der Waals surface area (Å²) in [6, 6.07) is 14.1. The molecule has 2 aromatic rings. The first-order chi connectivity index (χ1) is 20.7. The van der Waals surface area contributed by atoms with Gasteiger partial charge in [0.1, 0.15) is 12.4 Å². The smallest absolute Gasteiger partial charge is 0.410 e. The summed E-state index contributed by atoms with van der Waals surface area (Å²) in [7, 11) is -3.50. The van der Waals surface area contributed by atoms with Gasteiger partial charge in [-0.25, -0.2) is 13.2 Å². The zero-order valence-corrected chi connectivity index (χ0v) is 25.1. The molecule has 4 atom stereocenters. The highest BCUT2D eigenvalue weighted by molar-refractivity contribution is 7.89. The molecule has 0 saturated carbocycles. The van der Waals surface area contributed by atoms with E-state index < -0.39 is 16.1 Å². The van der Waals surface area contributed by atoms with Crippen LogP contribution in [0.15, 0.2) is 48.5 Å². The van der Waals surface area contributed by atoms with Crippen LogP contribution >= 0.6 is 0 Å². The molecule has 12 heteroatoms. The Kier molecular flexibility index (Phi) is 8.32. The van der Waals surface area contributed by atoms with Gasteiger partial charge >= 0.3 is 6.09 Å². The third-order valence-electron chi connectivity index (χ3n) is 9.02. The molecule has 2 N–H and O–H groups in total. The molecule has 2 bridgehead atoms. The van der Waals surface area contributed by atoms with E-state index in [0.29, 0.717) is 55.8 Å². The molecule has 0 aromatic heterocycles. The minimum absolute atomic E-state index is 0.0172. The number of nitrogens with one attached hydrogen (secondary N) is 2. The number of nitrogens with zero attached hydrogens (tertiary/aromatic N) is 2. The fourth-order valence-electron chi connectivity index (χ4n) is 6.80. The highest BCUT2D eigenvalue weighted by Crippen LogP contribution is 2.39. The second-order valence-electron chi connectivity index (χ2n) is 12.1. The highest BCUT2D eigenvalue weighted by Gasteiger charge is 2.47. The quantitative estimate of drug-likeness (QED) is 0.490. The normalized spacial score (nSPS) is 25.8.